The van der Waals surface area contributed by atoms with Gasteiger partial charge >= 0.3 is 0 Å². The highest BCUT2D eigenvalue weighted by atomic mass is 16.1. The Morgan fingerprint density at radius 1 is 1.33 bits per heavy atom. The molecule has 3 N–H and O–H groups in total. The maximum absolute atomic E-state index is 12.0. The molecule has 0 saturated heterocycles. The number of hydrogen-bond donors (Lipinski definition) is 2. The van der Waals surface area contributed by atoms with E-state index in [1.54, 1.807) is 6.07 Å². The Morgan fingerprint density at radius 2 is 2.19 bits per heavy atom. The first-order valence-electron chi connectivity index (χ1n) is 7.09. The van der Waals surface area contributed by atoms with Gasteiger partial charge in [0.15, 0.2) is 0 Å². The number of nitrogen functional groups attached to an aromatic ring is 1. The third-order valence-corrected chi connectivity index (χ3v) is 3.71. The van der Waals surface area contributed by atoms with Crippen molar-refractivity contribution >= 4 is 17.3 Å². The van der Waals surface area contributed by atoms with Gasteiger partial charge in [-0.1, -0.05) is 12.1 Å². The van der Waals surface area contributed by atoms with E-state index in [4.69, 9.17) is 5.73 Å². The lowest BCUT2D eigenvalue weighted by molar-refractivity contribution is -0.116. The Kier molecular flexibility index (Phi) is 3.87. The molecule has 0 bridgehead atoms. The molecule has 1 amide bonds. The van der Waals surface area contributed by atoms with Gasteiger partial charge < -0.3 is 15.6 Å². The maximum Gasteiger partial charge on any atom is 0.225 e. The smallest absolute Gasteiger partial charge is 0.225 e. The van der Waals surface area contributed by atoms with Crippen LogP contribution in [0.25, 0.3) is 0 Å². The molecule has 21 heavy (non-hydrogen) atoms. The number of para-hydroxylation sites is 2. The highest BCUT2D eigenvalue weighted by molar-refractivity contribution is 5.93. The molecule has 1 aliphatic heterocycles. The summed E-state index contributed by atoms with van der Waals surface area (Å²) in [6, 6.07) is 7.29. The van der Waals surface area contributed by atoms with Crippen LogP contribution in [-0.4, -0.2) is 33.4 Å². The first-order valence-corrected chi connectivity index (χ1v) is 7.09. The van der Waals surface area contributed by atoms with E-state index in [0.717, 1.165) is 32.0 Å². The van der Waals surface area contributed by atoms with E-state index < -0.39 is 0 Å². The van der Waals surface area contributed by atoms with E-state index in [-0.39, 0.29) is 5.91 Å². The average molecular weight is 285 g/mol. The van der Waals surface area contributed by atoms with Crippen LogP contribution in [0.4, 0.5) is 11.4 Å². The summed E-state index contributed by atoms with van der Waals surface area (Å²) in [7, 11) is 0. The van der Waals surface area contributed by atoms with E-state index in [2.05, 4.69) is 19.8 Å². The van der Waals surface area contributed by atoms with E-state index >= 15 is 0 Å². The lowest BCUT2D eigenvalue weighted by Crippen LogP contribution is -2.35. The highest BCUT2D eigenvalue weighted by Gasteiger charge is 2.17. The fourth-order valence-corrected chi connectivity index (χ4v) is 2.50. The Balaban J connectivity index is 1.50. The summed E-state index contributed by atoms with van der Waals surface area (Å²) in [4.78, 5) is 18.6. The molecular formula is C15H19N5O. The standard InChI is InChI=1S/C15H19N5O/c16-12-3-1-2-4-13(12)18-15(21)5-7-19-9-10-20-8-6-17-14(20)11-19/h1-4,6,8H,5,7,9-11,16H2,(H,18,21). The van der Waals surface area contributed by atoms with Gasteiger partial charge in [0.25, 0.3) is 0 Å². The van der Waals surface area contributed by atoms with Gasteiger partial charge in [-0.25, -0.2) is 4.98 Å². The number of nitrogens with one attached hydrogen (secondary N) is 1. The molecule has 0 fully saturated rings. The Morgan fingerprint density at radius 3 is 3.05 bits per heavy atom. The monoisotopic (exact) mass is 285 g/mol. The highest BCUT2D eigenvalue weighted by Crippen LogP contribution is 2.17. The number of hydrogen-bond acceptors (Lipinski definition) is 4. The molecule has 110 valence electrons. The van der Waals surface area contributed by atoms with Crippen LogP contribution in [-0.2, 0) is 17.9 Å². The molecule has 1 aromatic heterocycles. The number of aromatic nitrogens is 2. The Hall–Kier alpha value is -2.34. The number of nitrogens with two attached hydrogens (primary N) is 1. The van der Waals surface area contributed by atoms with E-state index in [1.165, 1.54) is 0 Å². The summed E-state index contributed by atoms with van der Waals surface area (Å²) in [5, 5.41) is 2.85. The van der Waals surface area contributed by atoms with Crippen molar-refractivity contribution in [2.75, 3.05) is 24.1 Å². The SMILES string of the molecule is Nc1ccccc1NC(=O)CCN1CCn2ccnc2C1. The van der Waals surface area contributed by atoms with Gasteiger partial charge in [-0.3, -0.25) is 9.69 Å². The Bertz CT molecular complexity index is 636. The van der Waals surface area contributed by atoms with Crippen LogP contribution in [0.5, 0.6) is 0 Å². The number of carbonyl (C=O) groups is 1. The van der Waals surface area contributed by atoms with Crippen LogP contribution in [0, 0.1) is 0 Å². The third-order valence-electron chi connectivity index (χ3n) is 3.71. The number of rotatable bonds is 4. The van der Waals surface area contributed by atoms with Crippen LogP contribution < -0.4 is 11.1 Å². The predicted octanol–water partition coefficient (Wildman–Crippen LogP) is 1.31. The Labute approximate surface area is 123 Å². The summed E-state index contributed by atoms with van der Waals surface area (Å²) >= 11 is 0. The number of carbonyl (C=O) groups excluding carboxylic acids is 1. The first kappa shape index (κ1) is 13.6. The topological polar surface area (TPSA) is 76.2 Å². The van der Waals surface area contributed by atoms with E-state index in [9.17, 15) is 4.79 Å². The molecule has 0 radical (unpaired) electrons. The van der Waals surface area contributed by atoms with Gasteiger partial charge in [0.1, 0.15) is 5.82 Å². The molecular weight excluding hydrogens is 266 g/mol. The molecule has 0 aliphatic carbocycles. The number of imidazole rings is 1. The van der Waals surface area contributed by atoms with Crippen molar-refractivity contribution in [3.05, 3.63) is 42.5 Å². The predicted molar refractivity (Wildman–Crippen MR) is 81.6 cm³/mol. The van der Waals surface area contributed by atoms with E-state index in [1.807, 2.05) is 30.6 Å². The number of benzene rings is 1. The van der Waals surface area contributed by atoms with Gasteiger partial charge in [-0.15, -0.1) is 0 Å². The second-order valence-corrected chi connectivity index (χ2v) is 5.20. The second kappa shape index (κ2) is 5.97. The zero-order valence-electron chi connectivity index (χ0n) is 11.8. The normalized spacial score (nSPS) is 14.7. The number of amides is 1. The first-order chi connectivity index (χ1) is 10.2. The van der Waals surface area contributed by atoms with Crippen molar-refractivity contribution in [2.24, 2.45) is 0 Å². The molecule has 6 nitrogen and oxygen atoms in total. The van der Waals surface area contributed by atoms with Crippen molar-refractivity contribution in [3.8, 4) is 0 Å². The summed E-state index contributed by atoms with van der Waals surface area (Å²) in [6.45, 7) is 3.41. The molecule has 6 heteroatoms. The molecule has 2 aromatic rings. The third kappa shape index (κ3) is 3.22. The minimum absolute atomic E-state index is 0.0122. The molecule has 0 atom stereocenters. The lowest BCUT2D eigenvalue weighted by atomic mass is 10.2. The molecule has 0 saturated carbocycles. The zero-order valence-corrected chi connectivity index (χ0v) is 11.8. The molecule has 1 aromatic carbocycles. The largest absolute Gasteiger partial charge is 0.397 e. The zero-order chi connectivity index (χ0) is 14.7. The van der Waals surface area contributed by atoms with E-state index in [0.29, 0.717) is 17.8 Å². The quantitative estimate of drug-likeness (QED) is 0.830. The van der Waals surface area contributed by atoms with Crippen molar-refractivity contribution in [1.29, 1.82) is 0 Å². The second-order valence-electron chi connectivity index (χ2n) is 5.20. The van der Waals surface area contributed by atoms with Crippen LogP contribution in [0.1, 0.15) is 12.2 Å². The van der Waals surface area contributed by atoms with Gasteiger partial charge in [0.05, 0.1) is 17.9 Å². The van der Waals surface area contributed by atoms with Crippen LogP contribution in [0.3, 0.4) is 0 Å². The van der Waals surface area contributed by atoms with Gasteiger partial charge in [0.2, 0.25) is 5.91 Å². The summed E-state index contributed by atoms with van der Waals surface area (Å²) in [6.07, 6.45) is 4.27. The lowest BCUT2D eigenvalue weighted by Gasteiger charge is -2.27. The van der Waals surface area contributed by atoms with Crippen LogP contribution in [0.2, 0.25) is 0 Å². The van der Waals surface area contributed by atoms with Crippen LogP contribution >= 0.6 is 0 Å². The minimum Gasteiger partial charge on any atom is -0.397 e. The van der Waals surface area contributed by atoms with Gasteiger partial charge in [-0.2, -0.15) is 0 Å². The van der Waals surface area contributed by atoms with Crippen molar-refractivity contribution < 1.29 is 4.79 Å². The molecule has 2 heterocycles. The number of anilines is 2. The summed E-state index contributed by atoms with van der Waals surface area (Å²) < 4.78 is 2.15. The molecule has 1 aliphatic rings. The fourth-order valence-electron chi connectivity index (χ4n) is 2.50. The van der Waals surface area contributed by atoms with Crippen LogP contribution in [0.15, 0.2) is 36.7 Å². The molecule has 3 rings (SSSR count). The van der Waals surface area contributed by atoms with Crippen molar-refractivity contribution in [3.63, 3.8) is 0 Å². The molecule has 0 unspecified atom stereocenters. The summed E-state index contributed by atoms with van der Waals surface area (Å²) in [5.41, 5.74) is 7.08. The number of nitrogens with zero attached hydrogens (tertiary/aromatic N) is 3. The molecule has 0 spiro atoms. The number of fused-ring (bicyclic) bond motifs is 1. The van der Waals surface area contributed by atoms with Gasteiger partial charge in [0, 0.05) is 38.4 Å². The van der Waals surface area contributed by atoms with Crippen molar-refractivity contribution in [1.82, 2.24) is 14.5 Å². The summed E-state index contributed by atoms with van der Waals surface area (Å²) in [5.74, 6) is 1.05. The average Bonchev–Trinajstić information content (AvgIpc) is 2.95. The van der Waals surface area contributed by atoms with Crippen molar-refractivity contribution in [2.45, 2.75) is 19.5 Å². The maximum atomic E-state index is 12.0. The fraction of sp³-hybridized carbons (Fsp3) is 0.333. The minimum atomic E-state index is -0.0122. The van der Waals surface area contributed by atoms with Gasteiger partial charge in [-0.05, 0) is 12.1 Å².